The molecule has 1 rings (SSSR count). The van der Waals surface area contributed by atoms with E-state index in [2.05, 4.69) is 0 Å². The van der Waals surface area contributed by atoms with E-state index in [1.807, 2.05) is 0 Å². The summed E-state index contributed by atoms with van der Waals surface area (Å²) in [5, 5.41) is 0. The van der Waals surface area contributed by atoms with Crippen LogP contribution in [0.15, 0.2) is 0 Å². The molecule has 0 unspecified atom stereocenters. The highest BCUT2D eigenvalue weighted by Gasteiger charge is 2.25. The predicted octanol–water partition coefficient (Wildman–Crippen LogP) is 1.33. The van der Waals surface area contributed by atoms with E-state index in [9.17, 15) is 9.59 Å². The van der Waals surface area contributed by atoms with Crippen LogP contribution in [0.4, 0.5) is 0 Å². The van der Waals surface area contributed by atoms with E-state index in [1.54, 1.807) is 0 Å². The van der Waals surface area contributed by atoms with E-state index in [4.69, 9.17) is 0 Å². The van der Waals surface area contributed by atoms with E-state index < -0.39 is 0 Å². The van der Waals surface area contributed by atoms with Crippen molar-refractivity contribution in [3.63, 3.8) is 0 Å². The second kappa shape index (κ2) is 2.95. The lowest BCUT2D eigenvalue weighted by atomic mass is 9.86. The third-order valence-electron chi connectivity index (χ3n) is 2.05. The van der Waals surface area contributed by atoms with Gasteiger partial charge in [0.15, 0.2) is 0 Å². The van der Waals surface area contributed by atoms with Crippen LogP contribution in [0.25, 0.3) is 0 Å². The standard InChI is InChI=1S/C8H12O2/c1-6(9)7-4-2-3-5-8(7)10/h7H,2-5H2,1H3/t7-/m0/s1. The maximum absolute atomic E-state index is 11.0. The molecule has 1 atom stereocenters. The molecule has 0 aromatic heterocycles. The van der Waals surface area contributed by atoms with Gasteiger partial charge in [0.2, 0.25) is 0 Å². The summed E-state index contributed by atoms with van der Waals surface area (Å²) < 4.78 is 0. The molecular formula is C8H12O2. The summed E-state index contributed by atoms with van der Waals surface area (Å²) in [5.74, 6) is -0.0581. The molecule has 10 heavy (non-hydrogen) atoms. The van der Waals surface area contributed by atoms with Crippen LogP contribution in [0.1, 0.15) is 32.6 Å². The fourth-order valence-corrected chi connectivity index (χ4v) is 1.41. The Balaban J connectivity index is 2.56. The first-order valence-electron chi connectivity index (χ1n) is 3.75. The topological polar surface area (TPSA) is 34.1 Å². The highest BCUT2D eigenvalue weighted by atomic mass is 16.1. The van der Waals surface area contributed by atoms with Crippen molar-refractivity contribution < 1.29 is 9.59 Å². The number of hydrogen-bond acceptors (Lipinski definition) is 2. The Morgan fingerprint density at radius 2 is 2.20 bits per heavy atom. The normalized spacial score (nSPS) is 26.5. The molecule has 0 heterocycles. The van der Waals surface area contributed by atoms with Gasteiger partial charge in [-0.3, -0.25) is 9.59 Å². The van der Waals surface area contributed by atoms with Crippen LogP contribution in [0.5, 0.6) is 0 Å². The van der Waals surface area contributed by atoms with Gasteiger partial charge in [0.05, 0.1) is 5.92 Å². The van der Waals surface area contributed by atoms with Crippen LogP contribution in [0.3, 0.4) is 0 Å². The quantitative estimate of drug-likeness (QED) is 0.515. The average Bonchev–Trinajstić information content (AvgIpc) is 1.88. The molecule has 0 amide bonds. The zero-order chi connectivity index (χ0) is 7.56. The Morgan fingerprint density at radius 1 is 1.50 bits per heavy atom. The minimum absolute atomic E-state index is 0.0460. The van der Waals surface area contributed by atoms with Gasteiger partial charge in [0.1, 0.15) is 11.6 Å². The first-order chi connectivity index (χ1) is 4.72. The first-order valence-corrected chi connectivity index (χ1v) is 3.75. The smallest absolute Gasteiger partial charge is 0.143 e. The SMILES string of the molecule is CC(=O)[C@@H]1CCCCC1=O. The summed E-state index contributed by atoms with van der Waals surface area (Å²) in [7, 11) is 0. The van der Waals surface area contributed by atoms with Gasteiger partial charge < -0.3 is 0 Å². The molecule has 0 aromatic carbocycles. The molecule has 0 bridgehead atoms. The molecule has 0 radical (unpaired) electrons. The average molecular weight is 140 g/mol. The summed E-state index contributed by atoms with van der Waals surface area (Å²) in [5.41, 5.74) is 0. The lowest BCUT2D eigenvalue weighted by Gasteiger charge is -2.16. The van der Waals surface area contributed by atoms with Gasteiger partial charge in [0.25, 0.3) is 0 Å². The Morgan fingerprint density at radius 3 is 2.60 bits per heavy atom. The highest BCUT2D eigenvalue weighted by Crippen LogP contribution is 2.20. The number of carbonyl (C=O) groups is 2. The van der Waals surface area contributed by atoms with Gasteiger partial charge in [-0.05, 0) is 19.8 Å². The number of Topliss-reactive ketones (excluding diaryl/α,β-unsaturated/α-hetero) is 2. The van der Waals surface area contributed by atoms with E-state index in [1.165, 1.54) is 6.92 Å². The Hall–Kier alpha value is -0.660. The van der Waals surface area contributed by atoms with Crippen molar-refractivity contribution in [1.82, 2.24) is 0 Å². The minimum atomic E-state index is -0.256. The molecular weight excluding hydrogens is 128 g/mol. The number of rotatable bonds is 1. The maximum atomic E-state index is 11.0. The molecule has 0 saturated heterocycles. The maximum Gasteiger partial charge on any atom is 0.143 e. The lowest BCUT2D eigenvalue weighted by molar-refractivity contribution is -0.133. The third-order valence-corrected chi connectivity index (χ3v) is 2.05. The summed E-state index contributed by atoms with van der Waals surface area (Å²) in [6, 6.07) is 0. The van der Waals surface area contributed by atoms with E-state index >= 15 is 0 Å². The molecule has 0 aromatic rings. The molecule has 1 aliphatic rings. The van der Waals surface area contributed by atoms with Crippen LogP contribution in [-0.4, -0.2) is 11.6 Å². The molecule has 1 saturated carbocycles. The lowest BCUT2D eigenvalue weighted by Crippen LogP contribution is -2.24. The molecule has 0 N–H and O–H groups in total. The molecule has 0 aliphatic heterocycles. The Kier molecular flexibility index (Phi) is 2.20. The van der Waals surface area contributed by atoms with Gasteiger partial charge in [-0.25, -0.2) is 0 Å². The zero-order valence-corrected chi connectivity index (χ0v) is 6.22. The predicted molar refractivity (Wildman–Crippen MR) is 37.6 cm³/mol. The molecule has 2 heteroatoms. The van der Waals surface area contributed by atoms with Crippen molar-refractivity contribution in [2.24, 2.45) is 5.92 Å². The highest BCUT2D eigenvalue weighted by molar-refractivity contribution is 6.01. The summed E-state index contributed by atoms with van der Waals surface area (Å²) >= 11 is 0. The number of carbonyl (C=O) groups excluding carboxylic acids is 2. The van der Waals surface area contributed by atoms with Crippen molar-refractivity contribution >= 4 is 11.6 Å². The van der Waals surface area contributed by atoms with Crippen molar-refractivity contribution in [1.29, 1.82) is 0 Å². The van der Waals surface area contributed by atoms with Crippen LogP contribution < -0.4 is 0 Å². The van der Waals surface area contributed by atoms with Gasteiger partial charge in [-0.2, -0.15) is 0 Å². The molecule has 1 fully saturated rings. The van der Waals surface area contributed by atoms with Gasteiger partial charge in [0, 0.05) is 6.42 Å². The second-order valence-electron chi connectivity index (χ2n) is 2.88. The van der Waals surface area contributed by atoms with Crippen LogP contribution in [0.2, 0.25) is 0 Å². The fraction of sp³-hybridized carbons (Fsp3) is 0.750. The third kappa shape index (κ3) is 1.43. The largest absolute Gasteiger partial charge is 0.299 e. The summed E-state index contributed by atoms with van der Waals surface area (Å²) in [4.78, 5) is 21.8. The Bertz CT molecular complexity index is 161. The van der Waals surface area contributed by atoms with Crippen molar-refractivity contribution in [3.8, 4) is 0 Å². The van der Waals surface area contributed by atoms with Crippen LogP contribution in [-0.2, 0) is 9.59 Å². The van der Waals surface area contributed by atoms with E-state index in [0.29, 0.717) is 6.42 Å². The Labute approximate surface area is 60.6 Å². The first kappa shape index (κ1) is 7.45. The number of ketones is 2. The van der Waals surface area contributed by atoms with Gasteiger partial charge in [-0.1, -0.05) is 6.42 Å². The van der Waals surface area contributed by atoms with E-state index in [0.717, 1.165) is 19.3 Å². The molecule has 0 spiro atoms. The summed E-state index contributed by atoms with van der Waals surface area (Å²) in [6.45, 7) is 1.51. The van der Waals surface area contributed by atoms with Crippen LogP contribution >= 0.6 is 0 Å². The zero-order valence-electron chi connectivity index (χ0n) is 6.22. The van der Waals surface area contributed by atoms with E-state index in [-0.39, 0.29) is 17.5 Å². The molecule has 2 nitrogen and oxygen atoms in total. The van der Waals surface area contributed by atoms with Crippen molar-refractivity contribution in [2.45, 2.75) is 32.6 Å². The summed E-state index contributed by atoms with van der Waals surface area (Å²) in [6.07, 6.45) is 3.41. The van der Waals surface area contributed by atoms with Gasteiger partial charge >= 0.3 is 0 Å². The second-order valence-corrected chi connectivity index (χ2v) is 2.88. The minimum Gasteiger partial charge on any atom is -0.299 e. The van der Waals surface area contributed by atoms with Crippen LogP contribution in [0, 0.1) is 5.92 Å². The number of hydrogen-bond donors (Lipinski definition) is 0. The van der Waals surface area contributed by atoms with Crippen molar-refractivity contribution in [2.75, 3.05) is 0 Å². The fourth-order valence-electron chi connectivity index (χ4n) is 1.41. The molecule has 56 valence electrons. The van der Waals surface area contributed by atoms with Gasteiger partial charge in [-0.15, -0.1) is 0 Å². The van der Waals surface area contributed by atoms with Crippen molar-refractivity contribution in [3.05, 3.63) is 0 Å². The monoisotopic (exact) mass is 140 g/mol. The molecule has 1 aliphatic carbocycles.